The highest BCUT2D eigenvalue weighted by Crippen LogP contribution is 2.45. The molecular weight excluding hydrogens is 436 g/mol. The first kappa shape index (κ1) is 32.2. The van der Waals surface area contributed by atoms with Gasteiger partial charge in [-0.15, -0.1) is 18.9 Å². The highest BCUT2D eigenvalue weighted by atomic mass is 28.4. The average Bonchev–Trinajstić information content (AvgIpc) is 2.64. The lowest BCUT2D eigenvalue weighted by Crippen LogP contribution is -2.52. The van der Waals surface area contributed by atoms with Gasteiger partial charge in [0.05, 0.1) is 0 Å². The third kappa shape index (κ3) is 8.74. The molecule has 0 heterocycles. The molecule has 0 spiro atoms. The summed E-state index contributed by atoms with van der Waals surface area (Å²) in [5.41, 5.74) is 1.45. The minimum Gasteiger partial charge on any atom is -0.403 e. The van der Waals surface area contributed by atoms with Crippen LogP contribution in [0, 0.1) is 29.6 Å². The zero-order chi connectivity index (χ0) is 26.3. The molecule has 0 aromatic carbocycles. The molecule has 4 heteroatoms. The Balaban J connectivity index is 5.78. The van der Waals surface area contributed by atoms with Gasteiger partial charge in [0, 0.05) is 11.8 Å². The van der Waals surface area contributed by atoms with Crippen molar-refractivity contribution in [1.29, 1.82) is 0 Å². The van der Waals surface area contributed by atoms with E-state index in [1.54, 1.807) is 0 Å². The van der Waals surface area contributed by atoms with Crippen molar-refractivity contribution in [2.45, 2.75) is 142 Å². The maximum atomic E-state index is 7.15. The first-order valence-corrected chi connectivity index (χ1v) is 17.8. The molecular formula is C29H54O2Si2. The Morgan fingerprint density at radius 2 is 1.39 bits per heavy atom. The number of allylic oxidation sites excluding steroid dienone is 1. The molecule has 2 unspecified atom stereocenters. The molecule has 0 fully saturated rings. The zero-order valence-electron chi connectivity index (χ0n) is 24.2. The molecule has 0 aliphatic carbocycles. The van der Waals surface area contributed by atoms with Crippen molar-refractivity contribution in [3.05, 3.63) is 12.7 Å². The molecule has 2 atom stereocenters. The van der Waals surface area contributed by atoms with Crippen molar-refractivity contribution < 1.29 is 8.85 Å². The van der Waals surface area contributed by atoms with Crippen LogP contribution < -0.4 is 0 Å². The zero-order valence-corrected chi connectivity index (χ0v) is 26.2. The summed E-state index contributed by atoms with van der Waals surface area (Å²) in [4.78, 5) is 0. The number of hydrogen-bond donors (Lipinski definition) is 0. The Morgan fingerprint density at radius 1 is 0.909 bits per heavy atom. The van der Waals surface area contributed by atoms with Crippen molar-refractivity contribution in [3.63, 3.8) is 0 Å². The average molecular weight is 491 g/mol. The fourth-order valence-electron chi connectivity index (χ4n) is 4.55. The summed E-state index contributed by atoms with van der Waals surface area (Å²) >= 11 is 0. The fourth-order valence-corrected chi connectivity index (χ4v) is 11.4. The molecule has 0 aromatic rings. The van der Waals surface area contributed by atoms with E-state index in [0.29, 0.717) is 23.0 Å². The molecule has 0 aliphatic rings. The third-order valence-corrected chi connectivity index (χ3v) is 18.1. The van der Waals surface area contributed by atoms with Gasteiger partial charge >= 0.3 is 0 Å². The molecule has 0 saturated heterocycles. The first-order chi connectivity index (χ1) is 14.9. The Labute approximate surface area is 210 Å². The normalized spacial score (nSPS) is 15.2. The Hall–Kier alpha value is -0.786. The van der Waals surface area contributed by atoms with E-state index in [9.17, 15) is 0 Å². The van der Waals surface area contributed by atoms with E-state index in [1.807, 2.05) is 6.08 Å². The highest BCUT2D eigenvalue weighted by molar-refractivity contribution is 6.77. The second kappa shape index (κ2) is 12.8. The van der Waals surface area contributed by atoms with Crippen LogP contribution in [0.2, 0.25) is 34.8 Å². The molecule has 0 rings (SSSR count). The number of rotatable bonds is 12. The first-order valence-electron chi connectivity index (χ1n) is 12.8. The second-order valence-electron chi connectivity index (χ2n) is 12.7. The van der Waals surface area contributed by atoms with Crippen LogP contribution >= 0.6 is 0 Å². The monoisotopic (exact) mass is 490 g/mol. The van der Waals surface area contributed by atoms with Gasteiger partial charge in [-0.05, 0) is 47.6 Å². The minimum absolute atomic E-state index is 0.102. The molecule has 0 bridgehead atoms. The Morgan fingerprint density at radius 3 is 1.76 bits per heavy atom. The molecule has 190 valence electrons. The molecule has 0 aromatic heterocycles. The number of hydrogen-bond acceptors (Lipinski definition) is 2. The second-order valence-corrected chi connectivity index (χ2v) is 22.9. The van der Waals surface area contributed by atoms with E-state index in [2.05, 4.69) is 114 Å². The summed E-state index contributed by atoms with van der Waals surface area (Å²) in [6.07, 6.45) is 9.84. The van der Waals surface area contributed by atoms with Crippen LogP contribution in [0.25, 0.3) is 0 Å². The highest BCUT2D eigenvalue weighted by Gasteiger charge is 2.48. The summed E-state index contributed by atoms with van der Waals surface area (Å²) in [5, 5.41) is 0.139. The van der Waals surface area contributed by atoms with Gasteiger partial charge in [-0.2, -0.15) is 0 Å². The standard InChI is InChI=1S/C29H54O2Si2/c1-16-22-29(12,13)27(31-33(23(3)4,24(5)6)25(7)8)21-19-18-20-26(17-2)30-32(14,15)28(9,10)11/h2,16,23-27H,1,18,20,22H2,3-15H3. The van der Waals surface area contributed by atoms with Crippen molar-refractivity contribution in [3.8, 4) is 24.2 Å². The third-order valence-electron chi connectivity index (χ3n) is 7.60. The van der Waals surface area contributed by atoms with Gasteiger partial charge in [-0.3, -0.25) is 0 Å². The quantitative estimate of drug-likeness (QED) is 0.154. The lowest BCUT2D eigenvalue weighted by atomic mass is 9.83. The van der Waals surface area contributed by atoms with Gasteiger partial charge in [0.1, 0.15) is 12.2 Å². The Bertz CT molecular complexity index is 687. The maximum Gasteiger partial charge on any atom is 0.202 e. The van der Waals surface area contributed by atoms with Crippen molar-refractivity contribution in [2.24, 2.45) is 5.41 Å². The van der Waals surface area contributed by atoms with Crippen LogP contribution in [-0.4, -0.2) is 28.8 Å². The van der Waals surface area contributed by atoms with Gasteiger partial charge in [0.15, 0.2) is 8.32 Å². The fraction of sp³-hybridized carbons (Fsp3) is 0.793. The van der Waals surface area contributed by atoms with E-state index >= 15 is 0 Å². The van der Waals surface area contributed by atoms with E-state index < -0.39 is 16.6 Å². The largest absolute Gasteiger partial charge is 0.403 e. The minimum atomic E-state index is -2.06. The summed E-state index contributed by atoms with van der Waals surface area (Å²) < 4.78 is 13.6. The van der Waals surface area contributed by atoms with Crippen LogP contribution in [0.5, 0.6) is 0 Å². The van der Waals surface area contributed by atoms with E-state index in [-0.39, 0.29) is 22.7 Å². The van der Waals surface area contributed by atoms with Crippen LogP contribution in [0.3, 0.4) is 0 Å². The predicted molar refractivity (Wildman–Crippen MR) is 152 cm³/mol. The summed E-state index contributed by atoms with van der Waals surface area (Å²) in [6.45, 7) is 33.7. The van der Waals surface area contributed by atoms with Gasteiger partial charge < -0.3 is 8.85 Å². The van der Waals surface area contributed by atoms with Crippen LogP contribution in [-0.2, 0) is 8.85 Å². The van der Waals surface area contributed by atoms with Gasteiger partial charge in [-0.1, -0.05) is 94.1 Å². The van der Waals surface area contributed by atoms with E-state index in [0.717, 1.165) is 12.8 Å². The van der Waals surface area contributed by atoms with Crippen LogP contribution in [0.4, 0.5) is 0 Å². The van der Waals surface area contributed by atoms with E-state index in [1.165, 1.54) is 0 Å². The molecule has 33 heavy (non-hydrogen) atoms. The molecule has 2 nitrogen and oxygen atoms in total. The molecule has 0 aliphatic heterocycles. The van der Waals surface area contributed by atoms with Crippen molar-refractivity contribution >= 4 is 16.6 Å². The van der Waals surface area contributed by atoms with Gasteiger partial charge in [0.2, 0.25) is 8.32 Å². The molecule has 0 saturated carbocycles. The Kier molecular flexibility index (Phi) is 12.5. The smallest absolute Gasteiger partial charge is 0.202 e. The topological polar surface area (TPSA) is 18.5 Å². The lowest BCUT2D eigenvalue weighted by Gasteiger charge is -2.46. The van der Waals surface area contributed by atoms with E-state index in [4.69, 9.17) is 15.3 Å². The van der Waals surface area contributed by atoms with Crippen molar-refractivity contribution in [2.75, 3.05) is 0 Å². The molecule has 0 N–H and O–H groups in total. The predicted octanol–water partition coefficient (Wildman–Crippen LogP) is 8.96. The van der Waals surface area contributed by atoms with Gasteiger partial charge in [0.25, 0.3) is 0 Å². The molecule has 0 amide bonds. The van der Waals surface area contributed by atoms with Crippen molar-refractivity contribution in [1.82, 2.24) is 0 Å². The maximum absolute atomic E-state index is 7.15. The lowest BCUT2D eigenvalue weighted by molar-refractivity contribution is 0.104. The summed E-state index contributed by atoms with van der Waals surface area (Å²) in [7, 11) is -3.96. The van der Waals surface area contributed by atoms with Crippen LogP contribution in [0.15, 0.2) is 12.7 Å². The molecule has 0 radical (unpaired) electrons. The van der Waals surface area contributed by atoms with Crippen LogP contribution in [0.1, 0.15) is 95.4 Å². The van der Waals surface area contributed by atoms with Gasteiger partial charge in [-0.25, -0.2) is 0 Å². The summed E-state index contributed by atoms with van der Waals surface area (Å²) in [6, 6.07) is 0. The summed E-state index contributed by atoms with van der Waals surface area (Å²) in [5.74, 6) is 9.83. The SMILES string of the molecule is C#CC(CCC#CC(O[Si](C(C)C)(C(C)C)C(C)C)C(C)(C)CC=C)O[Si](C)(C)C(C)(C)C. The number of terminal acetylenes is 1.